The molecule has 0 aliphatic carbocycles. The summed E-state index contributed by atoms with van der Waals surface area (Å²) in [5.41, 5.74) is -1.71. The molecule has 18 nitrogen and oxygen atoms in total. The van der Waals surface area contributed by atoms with Gasteiger partial charge in [0.1, 0.15) is 30.5 Å². The van der Waals surface area contributed by atoms with Gasteiger partial charge in [-0.15, -0.1) is 0 Å². The minimum Gasteiger partial charge on any atom is -0.394 e. The molecule has 0 amide bonds. The molecule has 0 aromatic carbocycles. The Bertz CT molecular complexity index is 1120. The maximum absolute atomic E-state index is 12.2. The summed E-state index contributed by atoms with van der Waals surface area (Å²) >= 11 is 0. The van der Waals surface area contributed by atoms with Crippen molar-refractivity contribution in [2.45, 2.75) is 56.1 Å². The standard InChI is InChI=1S/C16H26N2O16P2/c1-6-10(21)7(4-19)32-15(11(6)22)33-36(28,29)34-35(26,27)30-5-8-12(23)13(24)14(31-8)18-3-2-9(20)17-16(18)25/h2-3,6-8,10-15,19,21-24H,4-5H2,1H3,(H,26,27)(H,28,29)(H,17,20,25)/t6-,7+,8+,10-,11+,12+,13+,14+,15?/m0/s1. The number of phosphoric ester groups is 2. The Morgan fingerprint density at radius 2 is 1.67 bits per heavy atom. The molecule has 0 spiro atoms. The van der Waals surface area contributed by atoms with Crippen molar-refractivity contribution in [2.75, 3.05) is 13.2 Å². The quantitative estimate of drug-likeness (QED) is 0.135. The highest BCUT2D eigenvalue weighted by atomic mass is 31.3. The number of aliphatic hydroxyl groups is 5. The molecule has 2 aliphatic heterocycles. The number of hydrogen-bond donors (Lipinski definition) is 8. The van der Waals surface area contributed by atoms with Crippen molar-refractivity contribution < 1.29 is 67.3 Å². The van der Waals surface area contributed by atoms with Gasteiger partial charge in [-0.3, -0.25) is 23.4 Å². The number of aromatic amines is 1. The zero-order valence-corrected chi connectivity index (χ0v) is 20.2. The van der Waals surface area contributed by atoms with Gasteiger partial charge in [-0.2, -0.15) is 4.31 Å². The molecule has 3 unspecified atom stereocenters. The first-order valence-corrected chi connectivity index (χ1v) is 13.3. The van der Waals surface area contributed by atoms with Gasteiger partial charge in [-0.05, 0) is 0 Å². The van der Waals surface area contributed by atoms with Crippen LogP contribution in [0.3, 0.4) is 0 Å². The summed E-state index contributed by atoms with van der Waals surface area (Å²) in [6.45, 7) is -0.396. The number of nitrogens with one attached hydrogen (secondary N) is 1. The predicted molar refractivity (Wildman–Crippen MR) is 112 cm³/mol. The van der Waals surface area contributed by atoms with E-state index in [0.29, 0.717) is 0 Å². The van der Waals surface area contributed by atoms with Gasteiger partial charge in [-0.25, -0.2) is 13.9 Å². The van der Waals surface area contributed by atoms with Crippen molar-refractivity contribution in [2.24, 2.45) is 5.92 Å². The van der Waals surface area contributed by atoms with Crippen LogP contribution in [-0.2, 0) is 32.0 Å². The van der Waals surface area contributed by atoms with Gasteiger partial charge in [0.05, 0.1) is 19.3 Å². The molecule has 0 radical (unpaired) electrons. The van der Waals surface area contributed by atoms with Gasteiger partial charge in [-0.1, -0.05) is 6.92 Å². The molecular weight excluding hydrogens is 538 g/mol. The smallest absolute Gasteiger partial charge is 0.394 e. The lowest BCUT2D eigenvalue weighted by Crippen LogP contribution is -2.54. The molecule has 1 aromatic rings. The van der Waals surface area contributed by atoms with Gasteiger partial charge < -0.3 is 44.8 Å². The Morgan fingerprint density at radius 3 is 2.28 bits per heavy atom. The van der Waals surface area contributed by atoms with Gasteiger partial charge in [0.2, 0.25) is 0 Å². The third-order valence-electron chi connectivity index (χ3n) is 5.53. The largest absolute Gasteiger partial charge is 0.483 e. The van der Waals surface area contributed by atoms with E-state index < -0.39 is 95.2 Å². The zero-order valence-electron chi connectivity index (χ0n) is 18.4. The Balaban J connectivity index is 1.61. The molecule has 206 valence electrons. The van der Waals surface area contributed by atoms with Crippen molar-refractivity contribution in [3.8, 4) is 0 Å². The highest BCUT2D eigenvalue weighted by Gasteiger charge is 2.48. The Hall–Kier alpha value is -1.34. The van der Waals surface area contributed by atoms with Gasteiger partial charge >= 0.3 is 21.3 Å². The molecule has 8 N–H and O–H groups in total. The molecule has 2 aliphatic rings. The van der Waals surface area contributed by atoms with Crippen molar-refractivity contribution >= 4 is 15.6 Å². The molecule has 36 heavy (non-hydrogen) atoms. The number of nitrogens with zero attached hydrogens (tertiary/aromatic N) is 1. The fraction of sp³-hybridized carbons (Fsp3) is 0.750. The van der Waals surface area contributed by atoms with Crippen molar-refractivity contribution in [3.63, 3.8) is 0 Å². The number of phosphoric acid groups is 2. The van der Waals surface area contributed by atoms with Crippen molar-refractivity contribution in [1.82, 2.24) is 9.55 Å². The van der Waals surface area contributed by atoms with Crippen molar-refractivity contribution in [3.05, 3.63) is 33.1 Å². The van der Waals surface area contributed by atoms with Crippen LogP contribution in [0.15, 0.2) is 21.9 Å². The maximum Gasteiger partial charge on any atom is 0.483 e. The minimum atomic E-state index is -5.48. The van der Waals surface area contributed by atoms with Crippen LogP contribution in [0.5, 0.6) is 0 Å². The Kier molecular flexibility index (Phi) is 9.08. The van der Waals surface area contributed by atoms with Crippen LogP contribution in [0.4, 0.5) is 0 Å². The fourth-order valence-corrected chi connectivity index (χ4v) is 5.71. The highest BCUT2D eigenvalue weighted by Crippen LogP contribution is 2.61. The summed E-state index contributed by atoms with van der Waals surface area (Å²) in [7, 11) is -10.9. The van der Waals surface area contributed by atoms with E-state index in [1.807, 2.05) is 4.98 Å². The Labute approximate surface area is 201 Å². The van der Waals surface area contributed by atoms with Crippen LogP contribution in [0, 0.1) is 5.92 Å². The second-order valence-electron chi connectivity index (χ2n) is 8.05. The van der Waals surface area contributed by atoms with Crippen molar-refractivity contribution in [1.29, 1.82) is 0 Å². The molecule has 0 saturated carbocycles. The van der Waals surface area contributed by atoms with E-state index >= 15 is 0 Å². The lowest BCUT2D eigenvalue weighted by molar-refractivity contribution is -0.264. The topological polar surface area (TPSA) is 277 Å². The first-order chi connectivity index (χ1) is 16.7. The molecule has 20 heteroatoms. The molecule has 3 rings (SSSR count). The summed E-state index contributed by atoms with van der Waals surface area (Å²) in [6.07, 6.45) is -11.9. The van der Waals surface area contributed by atoms with Crippen LogP contribution in [0.2, 0.25) is 0 Å². The monoisotopic (exact) mass is 564 g/mol. The van der Waals surface area contributed by atoms with E-state index in [1.54, 1.807) is 0 Å². The third-order valence-corrected chi connectivity index (χ3v) is 8.13. The molecule has 2 fully saturated rings. The number of rotatable bonds is 9. The van der Waals surface area contributed by atoms with E-state index in [1.165, 1.54) is 6.92 Å². The molecule has 11 atom stereocenters. The third kappa shape index (κ3) is 6.56. The predicted octanol–water partition coefficient (Wildman–Crippen LogP) is -3.52. The minimum absolute atomic E-state index is 0.734. The summed E-state index contributed by atoms with van der Waals surface area (Å²) in [5, 5.41) is 49.5. The average molecular weight is 564 g/mol. The van der Waals surface area contributed by atoms with Gasteiger partial charge in [0.25, 0.3) is 5.56 Å². The van der Waals surface area contributed by atoms with Gasteiger partial charge in [0.15, 0.2) is 12.5 Å². The van der Waals surface area contributed by atoms with Crippen LogP contribution < -0.4 is 11.2 Å². The van der Waals surface area contributed by atoms with E-state index in [2.05, 4.69) is 13.4 Å². The lowest BCUT2D eigenvalue weighted by Gasteiger charge is -2.40. The normalized spacial score (nSPS) is 38.4. The zero-order chi connectivity index (χ0) is 27.0. The SMILES string of the molecule is C[C@H]1[C@H](O)[C@@H](CO)OC(OP(=O)(O)OP(=O)(O)OC[C@H]2O[C@@H](n3ccc(=O)[nH]c3=O)[C@H](O)[C@@H]2O)[C@@H]1O. The molecule has 2 saturated heterocycles. The van der Waals surface area contributed by atoms with Crippen LogP contribution >= 0.6 is 15.6 Å². The molecule has 3 heterocycles. The van der Waals surface area contributed by atoms with E-state index in [0.717, 1.165) is 16.8 Å². The van der Waals surface area contributed by atoms with Crippen LogP contribution in [-0.4, -0.2) is 101 Å². The molecular formula is C16H26N2O16P2. The van der Waals surface area contributed by atoms with Crippen LogP contribution in [0.1, 0.15) is 13.2 Å². The lowest BCUT2D eigenvalue weighted by atomic mass is 9.91. The first-order valence-electron chi connectivity index (χ1n) is 10.3. The first kappa shape index (κ1) is 29.2. The number of hydrogen-bond acceptors (Lipinski definition) is 14. The number of ether oxygens (including phenoxy) is 2. The second-order valence-corrected chi connectivity index (χ2v) is 11.0. The Morgan fingerprint density at radius 1 is 1.00 bits per heavy atom. The number of aromatic nitrogens is 2. The van der Waals surface area contributed by atoms with E-state index in [-0.39, 0.29) is 0 Å². The summed E-state index contributed by atoms with van der Waals surface area (Å²) in [4.78, 5) is 44.7. The highest BCUT2D eigenvalue weighted by molar-refractivity contribution is 7.61. The van der Waals surface area contributed by atoms with Crippen LogP contribution in [0.25, 0.3) is 0 Å². The maximum atomic E-state index is 12.2. The van der Waals surface area contributed by atoms with E-state index in [9.17, 15) is 54.0 Å². The number of H-pyrrole nitrogens is 1. The summed E-state index contributed by atoms with van der Waals surface area (Å²) in [5.74, 6) is -0.992. The summed E-state index contributed by atoms with van der Waals surface area (Å²) < 4.78 is 48.7. The summed E-state index contributed by atoms with van der Waals surface area (Å²) in [6, 6.07) is 0.944. The van der Waals surface area contributed by atoms with E-state index in [4.69, 9.17) is 9.47 Å². The molecule has 0 bridgehead atoms. The fourth-order valence-electron chi connectivity index (χ4n) is 3.56. The van der Waals surface area contributed by atoms with Gasteiger partial charge in [0, 0.05) is 18.2 Å². The second kappa shape index (κ2) is 11.2. The molecule has 1 aromatic heterocycles. The number of aliphatic hydroxyl groups excluding tert-OH is 5. The average Bonchev–Trinajstić information content (AvgIpc) is 3.06.